The third-order valence-corrected chi connectivity index (χ3v) is 4.27. The van der Waals surface area contributed by atoms with E-state index in [1.807, 2.05) is 18.6 Å². The summed E-state index contributed by atoms with van der Waals surface area (Å²) in [6.07, 6.45) is 8.29. The highest BCUT2D eigenvalue weighted by Crippen LogP contribution is 2.28. The second-order valence-corrected chi connectivity index (χ2v) is 5.74. The lowest BCUT2D eigenvalue weighted by molar-refractivity contribution is 0.198. The van der Waals surface area contributed by atoms with Gasteiger partial charge in [-0.2, -0.15) is 0 Å². The first-order chi connectivity index (χ1) is 9.72. The van der Waals surface area contributed by atoms with Gasteiger partial charge in [0.1, 0.15) is 5.82 Å². The minimum absolute atomic E-state index is 0.689. The largest absolute Gasteiger partial charge is 0.337 e. The number of pyridine rings is 1. The second kappa shape index (κ2) is 5.75. The van der Waals surface area contributed by atoms with E-state index in [1.165, 1.54) is 18.4 Å². The van der Waals surface area contributed by atoms with Crippen LogP contribution in [0, 0.1) is 6.92 Å². The molecule has 0 unspecified atom stereocenters. The van der Waals surface area contributed by atoms with Crippen molar-refractivity contribution in [1.29, 1.82) is 0 Å². The van der Waals surface area contributed by atoms with Crippen molar-refractivity contribution >= 4 is 0 Å². The maximum Gasteiger partial charge on any atom is 0.122 e. The van der Waals surface area contributed by atoms with Crippen molar-refractivity contribution in [2.45, 2.75) is 32.2 Å². The molecular weight excluding hydrogens is 248 g/mol. The lowest BCUT2D eigenvalue weighted by Crippen LogP contribution is -2.33. The third-order valence-electron chi connectivity index (χ3n) is 4.27. The second-order valence-electron chi connectivity index (χ2n) is 5.74. The average Bonchev–Trinajstić information content (AvgIpc) is 2.85. The molecule has 20 heavy (non-hydrogen) atoms. The van der Waals surface area contributed by atoms with Crippen molar-refractivity contribution in [3.05, 3.63) is 47.8 Å². The molecule has 0 aliphatic carbocycles. The van der Waals surface area contributed by atoms with Gasteiger partial charge in [0.05, 0.1) is 6.54 Å². The molecule has 2 aromatic rings. The molecule has 0 bridgehead atoms. The Hall–Kier alpha value is -1.68. The Morgan fingerprint density at radius 3 is 2.65 bits per heavy atom. The number of imidazole rings is 1. The number of likely N-dealkylation sites (tertiary alicyclic amines) is 1. The first-order valence-corrected chi connectivity index (χ1v) is 7.33. The summed E-state index contributed by atoms with van der Waals surface area (Å²) in [5.41, 5.74) is 2.58. The van der Waals surface area contributed by atoms with Crippen LogP contribution in [0.15, 0.2) is 30.7 Å². The van der Waals surface area contributed by atoms with Crippen LogP contribution in [0.25, 0.3) is 0 Å². The summed E-state index contributed by atoms with van der Waals surface area (Å²) in [7, 11) is 2.06. The summed E-state index contributed by atoms with van der Waals surface area (Å²) in [5.74, 6) is 1.84. The van der Waals surface area contributed by atoms with Crippen LogP contribution in [0.2, 0.25) is 0 Å². The molecule has 0 saturated carbocycles. The smallest absolute Gasteiger partial charge is 0.122 e. The maximum absolute atomic E-state index is 4.41. The quantitative estimate of drug-likeness (QED) is 0.859. The molecular formula is C16H22N4. The van der Waals surface area contributed by atoms with E-state index >= 15 is 0 Å². The van der Waals surface area contributed by atoms with Crippen LogP contribution in [0.3, 0.4) is 0 Å². The fraction of sp³-hybridized carbons (Fsp3) is 0.500. The van der Waals surface area contributed by atoms with Gasteiger partial charge in [-0.05, 0) is 56.5 Å². The first kappa shape index (κ1) is 13.3. The monoisotopic (exact) mass is 270 g/mol. The SMILES string of the molecule is Cc1cc(C2CCN(Cc3nccn3C)CC2)ccn1. The van der Waals surface area contributed by atoms with E-state index in [-0.39, 0.29) is 0 Å². The Labute approximate surface area is 120 Å². The van der Waals surface area contributed by atoms with Crippen molar-refractivity contribution in [3.8, 4) is 0 Å². The molecule has 3 heterocycles. The van der Waals surface area contributed by atoms with Gasteiger partial charge in [0.15, 0.2) is 0 Å². The van der Waals surface area contributed by atoms with Crippen LogP contribution in [0.4, 0.5) is 0 Å². The van der Waals surface area contributed by atoms with Gasteiger partial charge >= 0.3 is 0 Å². The van der Waals surface area contributed by atoms with Crippen LogP contribution < -0.4 is 0 Å². The number of piperidine rings is 1. The van der Waals surface area contributed by atoms with Gasteiger partial charge in [-0.15, -0.1) is 0 Å². The van der Waals surface area contributed by atoms with E-state index in [1.54, 1.807) is 0 Å². The van der Waals surface area contributed by atoms with Crippen LogP contribution in [-0.2, 0) is 13.6 Å². The van der Waals surface area contributed by atoms with Crippen molar-refractivity contribution in [2.24, 2.45) is 7.05 Å². The molecule has 3 rings (SSSR count). The molecule has 2 aromatic heterocycles. The highest BCUT2D eigenvalue weighted by Gasteiger charge is 2.21. The number of hydrogen-bond donors (Lipinski definition) is 0. The predicted octanol–water partition coefficient (Wildman–Crippen LogP) is 2.50. The molecule has 1 aliphatic rings. The Kier molecular flexibility index (Phi) is 3.83. The third kappa shape index (κ3) is 2.90. The zero-order valence-electron chi connectivity index (χ0n) is 12.3. The van der Waals surface area contributed by atoms with Crippen LogP contribution in [-0.4, -0.2) is 32.5 Å². The van der Waals surface area contributed by atoms with Gasteiger partial charge in [-0.3, -0.25) is 9.88 Å². The average molecular weight is 270 g/mol. The van der Waals surface area contributed by atoms with E-state index < -0.39 is 0 Å². The Morgan fingerprint density at radius 2 is 2.00 bits per heavy atom. The fourth-order valence-electron chi connectivity index (χ4n) is 2.99. The number of hydrogen-bond acceptors (Lipinski definition) is 3. The summed E-state index contributed by atoms with van der Waals surface area (Å²) >= 11 is 0. The van der Waals surface area contributed by atoms with Crippen molar-refractivity contribution in [1.82, 2.24) is 19.4 Å². The topological polar surface area (TPSA) is 34.0 Å². The molecule has 0 spiro atoms. The van der Waals surface area contributed by atoms with Gasteiger partial charge in [0.25, 0.3) is 0 Å². The van der Waals surface area contributed by atoms with Crippen LogP contribution in [0.1, 0.15) is 35.8 Å². The number of aromatic nitrogens is 3. The summed E-state index contributed by atoms with van der Waals surface area (Å²) < 4.78 is 2.11. The van der Waals surface area contributed by atoms with Crippen LogP contribution >= 0.6 is 0 Å². The Balaban J connectivity index is 1.58. The van der Waals surface area contributed by atoms with Crippen molar-refractivity contribution < 1.29 is 0 Å². The van der Waals surface area contributed by atoms with Gasteiger partial charge in [0.2, 0.25) is 0 Å². The molecule has 1 aliphatic heterocycles. The highest BCUT2D eigenvalue weighted by molar-refractivity contribution is 5.20. The van der Waals surface area contributed by atoms with E-state index in [9.17, 15) is 0 Å². The van der Waals surface area contributed by atoms with E-state index in [0.717, 1.165) is 31.2 Å². The lowest BCUT2D eigenvalue weighted by atomic mass is 9.89. The molecule has 0 radical (unpaired) electrons. The molecule has 0 atom stereocenters. The van der Waals surface area contributed by atoms with Gasteiger partial charge in [-0.25, -0.2) is 4.98 Å². The van der Waals surface area contributed by atoms with Crippen LogP contribution in [0.5, 0.6) is 0 Å². The molecule has 106 valence electrons. The number of rotatable bonds is 3. The standard InChI is InChI=1S/C16H22N4/c1-13-11-15(3-6-17-13)14-4-8-20(9-5-14)12-16-18-7-10-19(16)2/h3,6-7,10-11,14H,4-5,8-9,12H2,1-2H3. The molecule has 1 fully saturated rings. The first-order valence-electron chi connectivity index (χ1n) is 7.33. The molecule has 4 nitrogen and oxygen atoms in total. The molecule has 0 aromatic carbocycles. The lowest BCUT2D eigenvalue weighted by Gasteiger charge is -2.31. The van der Waals surface area contributed by atoms with E-state index in [4.69, 9.17) is 0 Å². The Morgan fingerprint density at radius 1 is 1.20 bits per heavy atom. The summed E-state index contributed by atoms with van der Waals surface area (Å²) in [6, 6.07) is 4.41. The van der Waals surface area contributed by atoms with Gasteiger partial charge in [-0.1, -0.05) is 0 Å². The summed E-state index contributed by atoms with van der Waals surface area (Å²) in [4.78, 5) is 11.2. The van der Waals surface area contributed by atoms with E-state index in [2.05, 4.69) is 45.5 Å². The Bertz CT molecular complexity index is 567. The fourth-order valence-corrected chi connectivity index (χ4v) is 2.99. The van der Waals surface area contributed by atoms with Crippen molar-refractivity contribution in [2.75, 3.05) is 13.1 Å². The summed E-state index contributed by atoms with van der Waals surface area (Å²) in [6.45, 7) is 5.34. The normalized spacial score (nSPS) is 17.5. The van der Waals surface area contributed by atoms with Crippen molar-refractivity contribution in [3.63, 3.8) is 0 Å². The minimum Gasteiger partial charge on any atom is -0.337 e. The highest BCUT2D eigenvalue weighted by atomic mass is 15.2. The number of aryl methyl sites for hydroxylation is 2. The van der Waals surface area contributed by atoms with Gasteiger partial charge < -0.3 is 4.57 Å². The number of nitrogens with zero attached hydrogens (tertiary/aromatic N) is 4. The van der Waals surface area contributed by atoms with E-state index in [0.29, 0.717) is 5.92 Å². The molecule has 4 heteroatoms. The molecule has 0 N–H and O–H groups in total. The zero-order chi connectivity index (χ0) is 13.9. The molecule has 0 amide bonds. The zero-order valence-corrected chi connectivity index (χ0v) is 12.3. The summed E-state index contributed by atoms with van der Waals surface area (Å²) in [5, 5.41) is 0. The molecule has 1 saturated heterocycles. The minimum atomic E-state index is 0.689. The maximum atomic E-state index is 4.41. The van der Waals surface area contributed by atoms with Gasteiger partial charge in [0, 0.05) is 31.3 Å². The predicted molar refractivity (Wildman–Crippen MR) is 79.4 cm³/mol.